The van der Waals surface area contributed by atoms with Gasteiger partial charge in [0.1, 0.15) is 29.1 Å². The second-order valence-corrected chi connectivity index (χ2v) is 4.83. The van der Waals surface area contributed by atoms with Crippen LogP contribution in [0.5, 0.6) is 0 Å². The summed E-state index contributed by atoms with van der Waals surface area (Å²) in [6.07, 6.45) is 0.728. The zero-order valence-corrected chi connectivity index (χ0v) is 11.9. The van der Waals surface area contributed by atoms with Crippen molar-refractivity contribution in [1.82, 2.24) is 19.7 Å². The Morgan fingerprint density at radius 3 is 2.71 bits per heavy atom. The van der Waals surface area contributed by atoms with Crippen LogP contribution in [0.15, 0.2) is 35.3 Å². The van der Waals surface area contributed by atoms with Crippen molar-refractivity contribution in [1.29, 1.82) is 5.26 Å². The van der Waals surface area contributed by atoms with E-state index in [2.05, 4.69) is 15.1 Å². The monoisotopic (exact) mass is 331 g/mol. The van der Waals surface area contributed by atoms with Crippen molar-refractivity contribution in [3.63, 3.8) is 0 Å². The predicted octanol–water partition coefficient (Wildman–Crippen LogP) is 1.97. The summed E-state index contributed by atoms with van der Waals surface area (Å²) >= 11 is 0. The van der Waals surface area contributed by atoms with Gasteiger partial charge in [-0.25, -0.2) is 18.4 Å². The van der Waals surface area contributed by atoms with E-state index in [1.54, 1.807) is 0 Å². The molecule has 0 bridgehead atoms. The van der Waals surface area contributed by atoms with Gasteiger partial charge in [-0.2, -0.15) is 14.8 Å². The molecule has 2 aromatic heterocycles. The summed E-state index contributed by atoms with van der Waals surface area (Å²) in [5.74, 6) is -2.37. The lowest BCUT2D eigenvalue weighted by Crippen LogP contribution is -2.12. The Labute approximate surface area is 132 Å². The molecule has 0 spiro atoms. The minimum absolute atomic E-state index is 0.00158. The number of benzene rings is 1. The molecule has 0 amide bonds. The average Bonchev–Trinajstić information content (AvgIpc) is 2.96. The number of H-pyrrole nitrogens is 1. The number of nitrogens with one attached hydrogen (secondary N) is 1. The van der Waals surface area contributed by atoms with Gasteiger partial charge in [0.25, 0.3) is 5.56 Å². The van der Waals surface area contributed by atoms with E-state index >= 15 is 0 Å². The first-order valence-electron chi connectivity index (χ1n) is 6.65. The smallest absolute Gasteiger partial charge is 0.287 e. The van der Waals surface area contributed by atoms with E-state index in [0.717, 1.165) is 29.1 Å². The van der Waals surface area contributed by atoms with E-state index < -0.39 is 23.0 Å². The summed E-state index contributed by atoms with van der Waals surface area (Å²) in [4.78, 5) is 17.2. The van der Waals surface area contributed by atoms with Crippen molar-refractivity contribution >= 4 is 0 Å². The molecular weight excluding hydrogens is 323 g/mol. The van der Waals surface area contributed by atoms with Crippen LogP contribution in [0.25, 0.3) is 11.5 Å². The van der Waals surface area contributed by atoms with Crippen molar-refractivity contribution in [2.24, 2.45) is 0 Å². The Morgan fingerprint density at radius 2 is 2.00 bits per heavy atom. The Bertz CT molecular complexity index is 1020. The second kappa shape index (κ2) is 6.00. The molecule has 0 saturated carbocycles. The van der Waals surface area contributed by atoms with Crippen molar-refractivity contribution in [2.45, 2.75) is 6.54 Å². The molecule has 1 N–H and O–H groups in total. The quantitative estimate of drug-likeness (QED) is 0.795. The van der Waals surface area contributed by atoms with Crippen LogP contribution in [-0.4, -0.2) is 19.7 Å². The standard InChI is InChI=1S/C15H8F3N5O/c16-9-1-2-11(17)8(3-9)7-23-10(5-19)4-13(22-23)14-20-6-12(18)15(24)21-14/h1-4,6H,7H2,(H,20,21,24). The van der Waals surface area contributed by atoms with Gasteiger partial charge in [0, 0.05) is 11.6 Å². The minimum atomic E-state index is -1.06. The fourth-order valence-electron chi connectivity index (χ4n) is 2.08. The highest BCUT2D eigenvalue weighted by atomic mass is 19.1. The molecular formula is C15H8F3N5O. The third-order valence-electron chi connectivity index (χ3n) is 3.22. The van der Waals surface area contributed by atoms with Gasteiger partial charge in [-0.3, -0.25) is 4.79 Å². The van der Waals surface area contributed by atoms with Gasteiger partial charge in [-0.1, -0.05) is 0 Å². The number of hydrogen-bond donors (Lipinski definition) is 1. The van der Waals surface area contributed by atoms with E-state index in [1.165, 1.54) is 6.07 Å². The molecule has 3 rings (SSSR count). The first-order valence-corrected chi connectivity index (χ1v) is 6.65. The largest absolute Gasteiger partial charge is 0.303 e. The van der Waals surface area contributed by atoms with Crippen LogP contribution >= 0.6 is 0 Å². The molecule has 3 aromatic rings. The molecule has 24 heavy (non-hydrogen) atoms. The van der Waals surface area contributed by atoms with Crippen LogP contribution in [0.2, 0.25) is 0 Å². The van der Waals surface area contributed by atoms with E-state index in [9.17, 15) is 18.0 Å². The van der Waals surface area contributed by atoms with Gasteiger partial charge in [0.15, 0.2) is 5.82 Å². The number of aromatic nitrogens is 4. The molecule has 0 aliphatic heterocycles. The maximum Gasteiger partial charge on any atom is 0.287 e. The van der Waals surface area contributed by atoms with Crippen LogP contribution in [0, 0.1) is 28.8 Å². The molecule has 1 aromatic carbocycles. The lowest BCUT2D eigenvalue weighted by molar-refractivity contribution is 0.565. The molecule has 9 heteroatoms. The third-order valence-corrected chi connectivity index (χ3v) is 3.22. The predicted molar refractivity (Wildman–Crippen MR) is 76.2 cm³/mol. The second-order valence-electron chi connectivity index (χ2n) is 4.83. The fourth-order valence-corrected chi connectivity index (χ4v) is 2.08. The van der Waals surface area contributed by atoms with Crippen LogP contribution < -0.4 is 5.56 Å². The number of nitrogens with zero attached hydrogens (tertiary/aromatic N) is 4. The van der Waals surface area contributed by atoms with Crippen molar-refractivity contribution in [3.8, 4) is 17.6 Å². The summed E-state index contributed by atoms with van der Waals surface area (Å²) in [7, 11) is 0. The maximum absolute atomic E-state index is 13.7. The summed E-state index contributed by atoms with van der Waals surface area (Å²) in [5.41, 5.74) is -0.841. The number of hydrogen-bond acceptors (Lipinski definition) is 4. The average molecular weight is 331 g/mol. The molecule has 0 atom stereocenters. The number of nitriles is 1. The van der Waals surface area contributed by atoms with Gasteiger partial charge < -0.3 is 4.98 Å². The molecule has 0 aliphatic carbocycles. The first-order chi connectivity index (χ1) is 11.5. The van der Waals surface area contributed by atoms with Crippen molar-refractivity contribution in [2.75, 3.05) is 0 Å². The Hall–Kier alpha value is -3.41. The topological polar surface area (TPSA) is 87.4 Å². The molecule has 0 fully saturated rings. The van der Waals surface area contributed by atoms with Crippen LogP contribution in [-0.2, 0) is 6.54 Å². The molecule has 6 nitrogen and oxygen atoms in total. The third kappa shape index (κ3) is 2.89. The zero-order valence-electron chi connectivity index (χ0n) is 11.9. The first kappa shape index (κ1) is 15.5. The van der Waals surface area contributed by atoms with Crippen LogP contribution in [0.3, 0.4) is 0 Å². The number of aromatic amines is 1. The minimum Gasteiger partial charge on any atom is -0.303 e. The highest BCUT2D eigenvalue weighted by Crippen LogP contribution is 2.17. The fraction of sp³-hybridized carbons (Fsp3) is 0.0667. The lowest BCUT2D eigenvalue weighted by atomic mass is 10.2. The maximum atomic E-state index is 13.7. The van der Waals surface area contributed by atoms with Crippen molar-refractivity contribution in [3.05, 3.63) is 69.5 Å². The summed E-state index contributed by atoms with van der Waals surface area (Å²) < 4.78 is 41.1. The van der Waals surface area contributed by atoms with Gasteiger partial charge in [0.05, 0.1) is 12.7 Å². The van der Waals surface area contributed by atoms with Crippen molar-refractivity contribution < 1.29 is 13.2 Å². The van der Waals surface area contributed by atoms with Gasteiger partial charge in [0.2, 0.25) is 5.82 Å². The summed E-state index contributed by atoms with van der Waals surface area (Å²) in [6.45, 7) is -0.197. The molecule has 0 radical (unpaired) electrons. The molecule has 2 heterocycles. The normalized spacial score (nSPS) is 10.6. The number of halogens is 3. The summed E-state index contributed by atoms with van der Waals surface area (Å²) in [5, 5.41) is 13.2. The van der Waals surface area contributed by atoms with Gasteiger partial charge in [-0.05, 0) is 18.2 Å². The Kier molecular flexibility index (Phi) is 3.87. The summed E-state index contributed by atoms with van der Waals surface area (Å²) in [6, 6.07) is 6.10. The lowest BCUT2D eigenvalue weighted by Gasteiger charge is -2.05. The van der Waals surface area contributed by atoms with Crippen LogP contribution in [0.1, 0.15) is 11.3 Å². The van der Waals surface area contributed by atoms with E-state index in [0.29, 0.717) is 0 Å². The zero-order chi connectivity index (χ0) is 17.3. The number of rotatable bonds is 3. The molecule has 120 valence electrons. The van der Waals surface area contributed by atoms with Gasteiger partial charge in [-0.15, -0.1) is 0 Å². The van der Waals surface area contributed by atoms with E-state index in [-0.39, 0.29) is 29.3 Å². The van der Waals surface area contributed by atoms with Gasteiger partial charge >= 0.3 is 0 Å². The van der Waals surface area contributed by atoms with Crippen LogP contribution in [0.4, 0.5) is 13.2 Å². The van der Waals surface area contributed by atoms with E-state index in [4.69, 9.17) is 5.26 Å². The highest BCUT2D eigenvalue weighted by Gasteiger charge is 2.14. The Morgan fingerprint density at radius 1 is 1.21 bits per heavy atom. The molecule has 0 unspecified atom stereocenters. The highest BCUT2D eigenvalue weighted by molar-refractivity contribution is 5.51. The SMILES string of the molecule is N#Cc1cc(-c2ncc(F)c(=O)[nH]2)nn1Cc1cc(F)ccc1F. The molecule has 0 aliphatic rings. The van der Waals surface area contributed by atoms with E-state index in [1.807, 2.05) is 6.07 Å². The molecule has 0 saturated heterocycles. The Balaban J connectivity index is 2.02.